The number of nitrogens with zero attached hydrogens (tertiary/aromatic N) is 1. The van der Waals surface area contributed by atoms with E-state index in [9.17, 15) is 24.0 Å². The third kappa shape index (κ3) is 10.7. The Morgan fingerprint density at radius 3 is 2.22 bits per heavy atom. The van der Waals surface area contributed by atoms with Crippen LogP contribution in [0.2, 0.25) is 0 Å². The molecule has 14 heteroatoms. The molecule has 1 aliphatic rings. The Balaban J connectivity index is 1.61. The maximum Gasteiger partial charge on any atom is 0.338 e. The standard InChI is InChI=1S/C32H37BrN4O8S/c1-5-43-26(39)17-16-24(30(41)44-6-2)36-29(40)21-10-14-23(15-11-21)35-25(38)18-46-32-34-19(4)27(31(42)45-7-3)28(37-32)20-8-12-22(33)13-9-20/h8-15,24,28H,5-7,16-18H2,1-4H3,(H,34,37)(H,35,38)(H,36,40)/t24-,28-/m1/s1. The lowest BCUT2D eigenvalue weighted by Gasteiger charge is -2.25. The third-order valence-corrected chi connectivity index (χ3v) is 7.91. The van der Waals surface area contributed by atoms with Crippen molar-refractivity contribution in [2.45, 2.75) is 52.6 Å². The number of nitrogens with one attached hydrogen (secondary N) is 3. The predicted octanol–water partition coefficient (Wildman–Crippen LogP) is 4.66. The zero-order chi connectivity index (χ0) is 33.6. The molecule has 0 unspecified atom stereocenters. The zero-order valence-corrected chi connectivity index (χ0v) is 28.4. The summed E-state index contributed by atoms with van der Waals surface area (Å²) in [5.74, 6) is -2.42. The summed E-state index contributed by atoms with van der Waals surface area (Å²) < 4.78 is 16.1. The number of carbonyl (C=O) groups is 5. The van der Waals surface area contributed by atoms with Crippen LogP contribution in [-0.2, 0) is 33.4 Å². The summed E-state index contributed by atoms with van der Waals surface area (Å²) in [4.78, 5) is 67.2. The number of ether oxygens (including phenoxy) is 3. The predicted molar refractivity (Wildman–Crippen MR) is 178 cm³/mol. The van der Waals surface area contributed by atoms with E-state index in [0.717, 1.165) is 10.0 Å². The van der Waals surface area contributed by atoms with Crippen molar-refractivity contribution in [3.8, 4) is 0 Å². The number of carbonyl (C=O) groups excluding carboxylic acids is 5. The summed E-state index contributed by atoms with van der Waals surface area (Å²) in [5, 5.41) is 8.97. The van der Waals surface area contributed by atoms with Crippen molar-refractivity contribution in [2.24, 2.45) is 4.99 Å². The van der Waals surface area contributed by atoms with Crippen LogP contribution in [0.5, 0.6) is 0 Å². The number of hydrogen-bond acceptors (Lipinski definition) is 11. The van der Waals surface area contributed by atoms with Gasteiger partial charge in [-0.1, -0.05) is 39.8 Å². The first kappa shape index (κ1) is 36.3. The van der Waals surface area contributed by atoms with Gasteiger partial charge in [0, 0.05) is 27.8 Å². The number of amides is 2. The highest BCUT2D eigenvalue weighted by Gasteiger charge is 2.30. The SMILES string of the molecule is CCOC(=O)CC[C@@H](NC(=O)c1ccc(NC(=O)CSC2=N[C@H](c3ccc(Br)cc3)C(C(=O)OCC)=C(C)N2)cc1)C(=O)OCC. The molecule has 46 heavy (non-hydrogen) atoms. The number of rotatable bonds is 14. The van der Waals surface area contributed by atoms with Crippen LogP contribution in [0.1, 0.15) is 62.5 Å². The first-order chi connectivity index (χ1) is 22.1. The molecule has 0 saturated carbocycles. The van der Waals surface area contributed by atoms with Gasteiger partial charge in [-0.2, -0.15) is 0 Å². The number of allylic oxidation sites excluding steroid dienone is 1. The largest absolute Gasteiger partial charge is 0.466 e. The summed E-state index contributed by atoms with van der Waals surface area (Å²) >= 11 is 4.60. The van der Waals surface area contributed by atoms with Crippen LogP contribution in [-0.4, -0.2) is 66.5 Å². The van der Waals surface area contributed by atoms with Gasteiger partial charge >= 0.3 is 17.9 Å². The van der Waals surface area contributed by atoms with Crippen molar-refractivity contribution >= 4 is 68.3 Å². The highest BCUT2D eigenvalue weighted by atomic mass is 79.9. The molecular formula is C32H37BrN4O8S. The van der Waals surface area contributed by atoms with E-state index in [0.29, 0.717) is 22.1 Å². The van der Waals surface area contributed by atoms with E-state index in [4.69, 9.17) is 19.2 Å². The van der Waals surface area contributed by atoms with Crippen molar-refractivity contribution in [2.75, 3.05) is 30.9 Å². The number of amidine groups is 1. The van der Waals surface area contributed by atoms with Crippen molar-refractivity contribution in [1.82, 2.24) is 10.6 Å². The van der Waals surface area contributed by atoms with Crippen LogP contribution in [0, 0.1) is 0 Å². The van der Waals surface area contributed by atoms with Gasteiger partial charge in [-0.05, 0) is 76.1 Å². The second-order valence-electron chi connectivity index (χ2n) is 9.81. The van der Waals surface area contributed by atoms with Gasteiger partial charge in [0.2, 0.25) is 5.91 Å². The van der Waals surface area contributed by atoms with Crippen molar-refractivity contribution in [1.29, 1.82) is 0 Å². The maximum atomic E-state index is 12.8. The van der Waals surface area contributed by atoms with Crippen LogP contribution in [0.15, 0.2) is 69.3 Å². The lowest BCUT2D eigenvalue weighted by Crippen LogP contribution is -2.42. The fourth-order valence-corrected chi connectivity index (χ4v) is 5.35. The van der Waals surface area contributed by atoms with E-state index in [1.54, 1.807) is 39.8 Å². The average Bonchev–Trinajstić information content (AvgIpc) is 3.02. The number of thioether (sulfide) groups is 1. The Labute approximate surface area is 280 Å². The van der Waals surface area contributed by atoms with Crippen LogP contribution in [0.25, 0.3) is 0 Å². The van der Waals surface area contributed by atoms with E-state index in [1.165, 1.54) is 23.9 Å². The normalized spacial score (nSPS) is 14.7. The summed E-state index contributed by atoms with van der Waals surface area (Å²) in [5.41, 5.74) is 2.49. The Bertz CT molecular complexity index is 1480. The Morgan fingerprint density at radius 1 is 0.935 bits per heavy atom. The van der Waals surface area contributed by atoms with Gasteiger partial charge in [0.15, 0.2) is 5.17 Å². The minimum absolute atomic E-state index is 0.0187. The molecule has 246 valence electrons. The Hall–Kier alpha value is -4.17. The second-order valence-corrected chi connectivity index (χ2v) is 11.7. The highest BCUT2D eigenvalue weighted by Crippen LogP contribution is 2.33. The third-order valence-electron chi connectivity index (χ3n) is 6.49. The first-order valence-electron chi connectivity index (χ1n) is 14.7. The van der Waals surface area contributed by atoms with Crippen LogP contribution in [0.4, 0.5) is 5.69 Å². The van der Waals surface area contributed by atoms with Gasteiger partial charge in [-0.25, -0.2) is 14.6 Å². The van der Waals surface area contributed by atoms with Crippen molar-refractivity contribution < 1.29 is 38.2 Å². The molecule has 2 atom stereocenters. The minimum Gasteiger partial charge on any atom is -0.466 e. The van der Waals surface area contributed by atoms with Gasteiger partial charge in [-0.15, -0.1) is 0 Å². The van der Waals surface area contributed by atoms with Crippen LogP contribution in [0.3, 0.4) is 0 Å². The number of aliphatic imine (C=N–C) groups is 1. The van der Waals surface area contributed by atoms with E-state index < -0.39 is 35.9 Å². The van der Waals surface area contributed by atoms with Crippen LogP contribution < -0.4 is 16.0 Å². The van der Waals surface area contributed by atoms with Crippen LogP contribution >= 0.6 is 27.7 Å². The maximum absolute atomic E-state index is 12.8. The smallest absolute Gasteiger partial charge is 0.338 e. The Kier molecular flexibility index (Phi) is 14.3. The fraction of sp³-hybridized carbons (Fsp3) is 0.375. The number of hydrogen-bond donors (Lipinski definition) is 3. The topological polar surface area (TPSA) is 161 Å². The molecule has 0 fully saturated rings. The van der Waals surface area contributed by atoms with E-state index in [1.807, 2.05) is 24.3 Å². The molecule has 3 N–H and O–H groups in total. The molecular weight excluding hydrogens is 680 g/mol. The van der Waals surface area contributed by atoms with E-state index >= 15 is 0 Å². The van der Waals surface area contributed by atoms with Gasteiger partial charge in [-0.3, -0.25) is 14.4 Å². The molecule has 0 aliphatic carbocycles. The molecule has 0 saturated heterocycles. The van der Waals surface area contributed by atoms with E-state index in [-0.39, 0.29) is 49.9 Å². The monoisotopic (exact) mass is 716 g/mol. The second kappa shape index (κ2) is 18.1. The zero-order valence-electron chi connectivity index (χ0n) is 26.0. The lowest BCUT2D eigenvalue weighted by molar-refractivity contribution is -0.147. The lowest BCUT2D eigenvalue weighted by atomic mass is 9.97. The molecule has 0 bridgehead atoms. The highest BCUT2D eigenvalue weighted by molar-refractivity contribution is 9.10. The molecule has 2 amide bonds. The number of esters is 3. The number of anilines is 1. The molecule has 2 aromatic carbocycles. The molecule has 3 rings (SSSR count). The van der Waals surface area contributed by atoms with Gasteiger partial charge < -0.3 is 30.2 Å². The molecule has 2 aromatic rings. The first-order valence-corrected chi connectivity index (χ1v) is 16.5. The van der Waals surface area contributed by atoms with Gasteiger partial charge in [0.1, 0.15) is 12.1 Å². The summed E-state index contributed by atoms with van der Waals surface area (Å²) in [6.07, 6.45) is -0.0332. The van der Waals surface area contributed by atoms with Gasteiger partial charge in [0.05, 0.1) is 31.1 Å². The average molecular weight is 718 g/mol. The summed E-state index contributed by atoms with van der Waals surface area (Å²) in [7, 11) is 0. The van der Waals surface area contributed by atoms with Crippen molar-refractivity contribution in [3.05, 3.63) is 75.4 Å². The molecule has 0 radical (unpaired) electrons. The Morgan fingerprint density at radius 2 is 1.59 bits per heavy atom. The number of halogens is 1. The molecule has 0 aromatic heterocycles. The summed E-state index contributed by atoms with van der Waals surface area (Å²) in [6, 6.07) is 12.0. The molecule has 1 heterocycles. The molecule has 0 spiro atoms. The van der Waals surface area contributed by atoms with Crippen molar-refractivity contribution in [3.63, 3.8) is 0 Å². The van der Waals surface area contributed by atoms with Gasteiger partial charge in [0.25, 0.3) is 5.91 Å². The number of benzene rings is 2. The quantitative estimate of drug-likeness (QED) is 0.185. The summed E-state index contributed by atoms with van der Waals surface area (Å²) in [6.45, 7) is 7.39. The molecule has 1 aliphatic heterocycles. The minimum atomic E-state index is -1.03. The molecule has 12 nitrogen and oxygen atoms in total. The van der Waals surface area contributed by atoms with E-state index in [2.05, 4.69) is 31.9 Å². The fourth-order valence-electron chi connectivity index (χ4n) is 4.34.